The van der Waals surface area contributed by atoms with Gasteiger partial charge in [-0.3, -0.25) is 19.0 Å². The molecule has 0 aliphatic carbocycles. The van der Waals surface area contributed by atoms with Crippen molar-refractivity contribution in [2.75, 3.05) is 24.0 Å². The first-order chi connectivity index (χ1) is 17.0. The maximum atomic E-state index is 12.7. The van der Waals surface area contributed by atoms with Gasteiger partial charge in [0.1, 0.15) is 18.1 Å². The Morgan fingerprint density at radius 3 is 2.86 bits per heavy atom. The summed E-state index contributed by atoms with van der Waals surface area (Å²) in [6, 6.07) is 9.16. The van der Waals surface area contributed by atoms with Crippen LogP contribution in [0.15, 0.2) is 47.0 Å². The SMILES string of the molecule is Cc1c(CN(C)C(=O)/C=C/c2cnc3c(c2)N[C@H](C)CC(=O)N3COP(=O)(O)O)oc2ccccc12. The maximum absolute atomic E-state index is 12.7. The third-order valence-corrected chi connectivity index (χ3v) is 6.25. The molecule has 4 rings (SSSR count). The molecule has 2 amide bonds. The molecular weight excluding hydrogens is 487 g/mol. The summed E-state index contributed by atoms with van der Waals surface area (Å²) in [6.45, 7) is 3.43. The van der Waals surface area contributed by atoms with Crippen molar-refractivity contribution in [2.45, 2.75) is 32.9 Å². The Balaban J connectivity index is 1.49. The fraction of sp³-hybridized carbons (Fsp3) is 0.292. The molecule has 1 aliphatic heterocycles. The van der Waals surface area contributed by atoms with Crippen LogP contribution < -0.4 is 10.2 Å². The number of carbonyl (C=O) groups is 2. The molecule has 3 N–H and O–H groups in total. The van der Waals surface area contributed by atoms with E-state index in [2.05, 4.69) is 14.8 Å². The van der Waals surface area contributed by atoms with Gasteiger partial charge in [-0.1, -0.05) is 18.2 Å². The number of amides is 2. The van der Waals surface area contributed by atoms with E-state index in [1.165, 1.54) is 17.2 Å². The number of pyridine rings is 1. The monoisotopic (exact) mass is 514 g/mol. The predicted molar refractivity (Wildman–Crippen MR) is 134 cm³/mol. The molecule has 11 nitrogen and oxygen atoms in total. The Hall–Kier alpha value is -3.50. The molecule has 36 heavy (non-hydrogen) atoms. The summed E-state index contributed by atoms with van der Waals surface area (Å²) in [6.07, 6.45) is 4.56. The number of likely N-dealkylation sites (N-methyl/N-ethyl adjacent to an activating group) is 1. The summed E-state index contributed by atoms with van der Waals surface area (Å²) < 4.78 is 21.6. The molecule has 0 spiro atoms. The van der Waals surface area contributed by atoms with Gasteiger partial charge < -0.3 is 24.4 Å². The van der Waals surface area contributed by atoms with Crippen LogP contribution in [0.1, 0.15) is 30.2 Å². The second-order valence-electron chi connectivity index (χ2n) is 8.63. The van der Waals surface area contributed by atoms with Crippen molar-refractivity contribution in [3.8, 4) is 0 Å². The van der Waals surface area contributed by atoms with E-state index in [1.807, 2.05) is 31.2 Å². The number of benzene rings is 1. The maximum Gasteiger partial charge on any atom is 0.471 e. The lowest BCUT2D eigenvalue weighted by atomic mass is 10.1. The minimum Gasteiger partial charge on any atom is -0.459 e. The number of aromatic nitrogens is 1. The number of hydrogen-bond acceptors (Lipinski definition) is 7. The van der Waals surface area contributed by atoms with Crippen molar-refractivity contribution in [3.05, 3.63) is 59.5 Å². The molecule has 3 aromatic rings. The zero-order chi connectivity index (χ0) is 26.0. The number of nitrogens with zero attached hydrogens (tertiary/aromatic N) is 3. The number of phosphoric acid groups is 1. The number of para-hydroxylation sites is 1. The lowest BCUT2D eigenvalue weighted by molar-refractivity contribution is -0.125. The number of phosphoric ester groups is 1. The van der Waals surface area contributed by atoms with Crippen LogP contribution in [0.5, 0.6) is 0 Å². The van der Waals surface area contributed by atoms with E-state index in [-0.39, 0.29) is 24.2 Å². The van der Waals surface area contributed by atoms with Gasteiger partial charge in [0, 0.05) is 42.7 Å². The van der Waals surface area contributed by atoms with Crippen LogP contribution in [0.2, 0.25) is 0 Å². The molecule has 2 aromatic heterocycles. The van der Waals surface area contributed by atoms with E-state index < -0.39 is 20.5 Å². The quantitative estimate of drug-likeness (QED) is 0.319. The molecule has 0 fully saturated rings. The number of anilines is 2. The molecule has 0 unspecified atom stereocenters. The number of hydrogen-bond donors (Lipinski definition) is 3. The van der Waals surface area contributed by atoms with E-state index in [0.29, 0.717) is 23.6 Å². The normalized spacial score (nSPS) is 16.2. The first-order valence-corrected chi connectivity index (χ1v) is 12.7. The number of fused-ring (bicyclic) bond motifs is 2. The summed E-state index contributed by atoms with van der Waals surface area (Å²) in [5.41, 5.74) is 2.84. The standard InChI is InChI=1S/C24H27N4O7P/c1-15-10-23(30)28(14-34-36(31,32)33)24-19(26-15)11-17(12-25-24)8-9-22(29)27(3)13-21-16(2)18-6-4-5-7-20(18)35-21/h4-9,11-12,15,26H,10,13-14H2,1-3H3,(H2,31,32,33)/b9-8+/t15-/m1/s1. The first kappa shape index (κ1) is 25.6. The van der Waals surface area contributed by atoms with Crippen molar-refractivity contribution in [3.63, 3.8) is 0 Å². The second-order valence-corrected chi connectivity index (χ2v) is 9.87. The fourth-order valence-electron chi connectivity index (χ4n) is 3.92. The Morgan fingerprint density at radius 2 is 2.14 bits per heavy atom. The van der Waals surface area contributed by atoms with Gasteiger partial charge in [0.2, 0.25) is 11.8 Å². The summed E-state index contributed by atoms with van der Waals surface area (Å²) >= 11 is 0. The van der Waals surface area contributed by atoms with Crippen LogP contribution in [-0.4, -0.2) is 51.3 Å². The van der Waals surface area contributed by atoms with Gasteiger partial charge in [-0.25, -0.2) is 9.55 Å². The van der Waals surface area contributed by atoms with Crippen molar-refractivity contribution in [1.82, 2.24) is 9.88 Å². The average molecular weight is 514 g/mol. The van der Waals surface area contributed by atoms with Gasteiger partial charge in [0.15, 0.2) is 5.82 Å². The van der Waals surface area contributed by atoms with Crippen molar-refractivity contribution in [2.24, 2.45) is 0 Å². The highest BCUT2D eigenvalue weighted by Crippen LogP contribution is 2.38. The molecule has 0 saturated heterocycles. The van der Waals surface area contributed by atoms with Gasteiger partial charge in [-0.2, -0.15) is 0 Å². The predicted octanol–water partition coefficient (Wildman–Crippen LogP) is 3.41. The molecule has 12 heteroatoms. The largest absolute Gasteiger partial charge is 0.471 e. The summed E-state index contributed by atoms with van der Waals surface area (Å²) in [5.74, 6) is 0.264. The molecular formula is C24H27N4O7P. The van der Waals surface area contributed by atoms with E-state index in [1.54, 1.807) is 26.1 Å². The highest BCUT2D eigenvalue weighted by molar-refractivity contribution is 7.46. The molecule has 1 aromatic carbocycles. The van der Waals surface area contributed by atoms with Crippen LogP contribution >= 0.6 is 7.82 Å². The minimum absolute atomic E-state index is 0.0799. The van der Waals surface area contributed by atoms with Gasteiger partial charge in [0.05, 0.1) is 12.2 Å². The Morgan fingerprint density at radius 1 is 1.39 bits per heavy atom. The van der Waals surface area contributed by atoms with Crippen LogP contribution in [0, 0.1) is 6.92 Å². The van der Waals surface area contributed by atoms with Crippen molar-refractivity contribution >= 4 is 48.2 Å². The molecule has 1 aliphatic rings. The average Bonchev–Trinajstić information content (AvgIpc) is 3.06. The smallest absolute Gasteiger partial charge is 0.459 e. The lowest BCUT2D eigenvalue weighted by Crippen LogP contribution is -2.33. The van der Waals surface area contributed by atoms with Gasteiger partial charge in [-0.15, -0.1) is 0 Å². The third kappa shape index (κ3) is 5.83. The van der Waals surface area contributed by atoms with E-state index in [0.717, 1.165) is 21.4 Å². The third-order valence-electron chi connectivity index (χ3n) is 5.80. The van der Waals surface area contributed by atoms with Crippen LogP contribution in [0.25, 0.3) is 17.0 Å². The highest BCUT2D eigenvalue weighted by atomic mass is 31.2. The molecule has 0 saturated carbocycles. The van der Waals surface area contributed by atoms with Crippen LogP contribution in [0.4, 0.5) is 11.5 Å². The highest BCUT2D eigenvalue weighted by Gasteiger charge is 2.29. The van der Waals surface area contributed by atoms with E-state index in [9.17, 15) is 14.2 Å². The van der Waals surface area contributed by atoms with Crippen LogP contribution in [0.3, 0.4) is 0 Å². The topological polar surface area (TPSA) is 145 Å². The zero-order valence-electron chi connectivity index (χ0n) is 20.0. The zero-order valence-corrected chi connectivity index (χ0v) is 20.9. The Bertz CT molecular complexity index is 1380. The van der Waals surface area contributed by atoms with Crippen molar-refractivity contribution in [1.29, 1.82) is 0 Å². The number of aryl methyl sites for hydroxylation is 1. The number of nitrogens with one attached hydrogen (secondary N) is 1. The fourth-order valence-corrected chi connectivity index (χ4v) is 4.19. The molecule has 190 valence electrons. The Labute approximate surface area is 207 Å². The molecule has 0 radical (unpaired) electrons. The minimum atomic E-state index is -4.78. The summed E-state index contributed by atoms with van der Waals surface area (Å²) in [5, 5.41) is 4.18. The summed E-state index contributed by atoms with van der Waals surface area (Å²) in [7, 11) is -3.10. The van der Waals surface area contributed by atoms with E-state index in [4.69, 9.17) is 14.2 Å². The molecule has 0 bridgehead atoms. The van der Waals surface area contributed by atoms with Gasteiger partial charge >= 0.3 is 7.82 Å². The van der Waals surface area contributed by atoms with Crippen LogP contribution in [-0.2, 0) is 25.2 Å². The Kier molecular flexibility index (Phi) is 7.28. The summed E-state index contributed by atoms with van der Waals surface area (Å²) in [4.78, 5) is 50.2. The number of rotatable bonds is 7. The van der Waals surface area contributed by atoms with Gasteiger partial charge in [-0.05, 0) is 37.6 Å². The van der Waals surface area contributed by atoms with Gasteiger partial charge in [0.25, 0.3) is 0 Å². The lowest BCUT2D eigenvalue weighted by Gasteiger charge is -2.21. The number of furan rings is 1. The number of carbonyl (C=O) groups excluding carboxylic acids is 2. The van der Waals surface area contributed by atoms with Crippen molar-refractivity contribution < 1.29 is 32.9 Å². The first-order valence-electron chi connectivity index (χ1n) is 11.2. The van der Waals surface area contributed by atoms with E-state index >= 15 is 0 Å². The molecule has 3 heterocycles. The second kappa shape index (κ2) is 10.2. The molecule has 1 atom stereocenters.